The van der Waals surface area contributed by atoms with Crippen molar-refractivity contribution in [2.24, 2.45) is 5.92 Å². The quantitative estimate of drug-likeness (QED) is 0.568. The monoisotopic (exact) mass is 217 g/mol. The third-order valence-corrected chi connectivity index (χ3v) is 2.21. The van der Waals surface area contributed by atoms with Crippen molar-refractivity contribution in [3.8, 4) is 0 Å². The molecule has 15 heavy (non-hydrogen) atoms. The first-order valence-corrected chi connectivity index (χ1v) is 6.00. The van der Waals surface area contributed by atoms with Crippen LogP contribution in [0.25, 0.3) is 0 Å². The van der Waals surface area contributed by atoms with Gasteiger partial charge in [-0.15, -0.1) is 0 Å². The summed E-state index contributed by atoms with van der Waals surface area (Å²) in [5.41, 5.74) is 0. The fourth-order valence-electron chi connectivity index (χ4n) is 1.32. The molecule has 0 aliphatic carbocycles. The van der Waals surface area contributed by atoms with Gasteiger partial charge in [-0.25, -0.2) is 0 Å². The Bertz CT molecular complexity index is 129. The maximum Gasteiger partial charge on any atom is 0.0615 e. The van der Waals surface area contributed by atoms with Crippen LogP contribution in [0.15, 0.2) is 0 Å². The van der Waals surface area contributed by atoms with E-state index in [2.05, 4.69) is 26.1 Å². The molecular formula is C12H27NO2. The van der Waals surface area contributed by atoms with Crippen LogP contribution in [0.4, 0.5) is 0 Å². The lowest BCUT2D eigenvalue weighted by atomic mass is 10.2. The van der Waals surface area contributed by atoms with Crippen LogP contribution in [0, 0.1) is 5.92 Å². The van der Waals surface area contributed by atoms with Crippen molar-refractivity contribution < 1.29 is 9.47 Å². The Labute approximate surface area is 94.5 Å². The number of ether oxygens (including phenoxy) is 2. The van der Waals surface area contributed by atoms with Crippen LogP contribution in [0.3, 0.4) is 0 Å². The molecule has 0 aromatic heterocycles. The van der Waals surface area contributed by atoms with Crippen LogP contribution in [0.5, 0.6) is 0 Å². The molecule has 0 rings (SSSR count). The second kappa shape index (κ2) is 10.4. The standard InChI is InChI=1S/C12H27NO2/c1-5-12(10-14-4)13-7-6-8-15-9-11(2)3/h11-13H,5-10H2,1-4H3. The van der Waals surface area contributed by atoms with Gasteiger partial charge in [0.05, 0.1) is 6.61 Å². The summed E-state index contributed by atoms with van der Waals surface area (Å²) in [6, 6.07) is 0.486. The normalized spacial score (nSPS) is 13.4. The van der Waals surface area contributed by atoms with Crippen LogP contribution in [-0.2, 0) is 9.47 Å². The summed E-state index contributed by atoms with van der Waals surface area (Å²) in [5.74, 6) is 0.634. The first kappa shape index (κ1) is 14.9. The molecule has 3 nitrogen and oxygen atoms in total. The average molecular weight is 217 g/mol. The van der Waals surface area contributed by atoms with E-state index in [4.69, 9.17) is 9.47 Å². The number of rotatable bonds is 10. The Hall–Kier alpha value is -0.120. The predicted molar refractivity (Wildman–Crippen MR) is 64.2 cm³/mol. The van der Waals surface area contributed by atoms with Crippen LogP contribution in [-0.4, -0.2) is 39.5 Å². The fourth-order valence-corrected chi connectivity index (χ4v) is 1.32. The van der Waals surface area contributed by atoms with Crippen LogP contribution in [0.1, 0.15) is 33.6 Å². The third kappa shape index (κ3) is 10.2. The number of methoxy groups -OCH3 is 1. The summed E-state index contributed by atoms with van der Waals surface area (Å²) in [4.78, 5) is 0. The Morgan fingerprint density at radius 2 is 1.93 bits per heavy atom. The van der Waals surface area contributed by atoms with E-state index in [1.54, 1.807) is 7.11 Å². The molecule has 1 unspecified atom stereocenters. The van der Waals surface area contributed by atoms with Gasteiger partial charge in [0.1, 0.15) is 0 Å². The molecule has 0 heterocycles. The van der Waals surface area contributed by atoms with Crippen molar-refractivity contribution in [3.05, 3.63) is 0 Å². The van der Waals surface area contributed by atoms with Gasteiger partial charge in [0.15, 0.2) is 0 Å². The number of nitrogens with one attached hydrogen (secondary N) is 1. The summed E-state index contributed by atoms with van der Waals surface area (Å²) >= 11 is 0. The Morgan fingerprint density at radius 1 is 1.20 bits per heavy atom. The first-order chi connectivity index (χ1) is 7.20. The van der Waals surface area contributed by atoms with E-state index < -0.39 is 0 Å². The summed E-state index contributed by atoms with van der Waals surface area (Å²) in [5, 5.41) is 3.45. The number of hydrogen-bond donors (Lipinski definition) is 1. The highest BCUT2D eigenvalue weighted by molar-refractivity contribution is 4.63. The highest BCUT2D eigenvalue weighted by atomic mass is 16.5. The highest BCUT2D eigenvalue weighted by Gasteiger charge is 2.03. The molecular weight excluding hydrogens is 190 g/mol. The van der Waals surface area contributed by atoms with E-state index in [1.807, 2.05) is 0 Å². The van der Waals surface area contributed by atoms with Crippen LogP contribution in [0.2, 0.25) is 0 Å². The van der Waals surface area contributed by atoms with E-state index in [0.717, 1.165) is 39.2 Å². The van der Waals surface area contributed by atoms with Crippen LogP contribution >= 0.6 is 0 Å². The summed E-state index contributed by atoms with van der Waals surface area (Å²) in [6.45, 7) is 10.0. The first-order valence-electron chi connectivity index (χ1n) is 6.00. The molecule has 0 amide bonds. The zero-order valence-corrected chi connectivity index (χ0v) is 10.7. The van der Waals surface area contributed by atoms with Gasteiger partial charge in [-0.2, -0.15) is 0 Å². The van der Waals surface area contributed by atoms with Crippen LogP contribution < -0.4 is 5.32 Å². The van der Waals surface area contributed by atoms with E-state index >= 15 is 0 Å². The maximum absolute atomic E-state index is 5.50. The van der Waals surface area contributed by atoms with Crippen molar-refractivity contribution in [2.45, 2.75) is 39.7 Å². The molecule has 0 spiro atoms. The predicted octanol–water partition coefficient (Wildman–Crippen LogP) is 2.06. The molecule has 1 atom stereocenters. The number of hydrogen-bond acceptors (Lipinski definition) is 3. The highest BCUT2D eigenvalue weighted by Crippen LogP contribution is 1.94. The van der Waals surface area contributed by atoms with Crippen molar-refractivity contribution in [2.75, 3.05) is 33.5 Å². The van der Waals surface area contributed by atoms with Crippen molar-refractivity contribution in [3.63, 3.8) is 0 Å². The third-order valence-electron chi connectivity index (χ3n) is 2.21. The summed E-state index contributed by atoms with van der Waals surface area (Å²) in [6.07, 6.45) is 2.19. The summed E-state index contributed by atoms with van der Waals surface area (Å²) in [7, 11) is 1.75. The zero-order valence-electron chi connectivity index (χ0n) is 10.7. The lowest BCUT2D eigenvalue weighted by Gasteiger charge is -2.15. The minimum absolute atomic E-state index is 0.486. The van der Waals surface area contributed by atoms with Crippen molar-refractivity contribution in [1.82, 2.24) is 5.32 Å². The molecule has 0 radical (unpaired) electrons. The van der Waals surface area contributed by atoms with Gasteiger partial charge < -0.3 is 14.8 Å². The lowest BCUT2D eigenvalue weighted by Crippen LogP contribution is -2.33. The lowest BCUT2D eigenvalue weighted by molar-refractivity contribution is 0.105. The molecule has 0 aliphatic rings. The Kier molecular flexibility index (Phi) is 10.3. The molecule has 92 valence electrons. The smallest absolute Gasteiger partial charge is 0.0615 e. The van der Waals surface area contributed by atoms with Crippen molar-refractivity contribution >= 4 is 0 Å². The van der Waals surface area contributed by atoms with Gasteiger partial charge in [-0.1, -0.05) is 20.8 Å². The van der Waals surface area contributed by atoms with Gasteiger partial charge >= 0.3 is 0 Å². The topological polar surface area (TPSA) is 30.5 Å². The molecule has 0 saturated carbocycles. The molecule has 0 aliphatic heterocycles. The largest absolute Gasteiger partial charge is 0.383 e. The molecule has 0 saturated heterocycles. The van der Waals surface area contributed by atoms with Gasteiger partial charge in [0.25, 0.3) is 0 Å². The van der Waals surface area contributed by atoms with Gasteiger partial charge in [-0.05, 0) is 25.3 Å². The van der Waals surface area contributed by atoms with Gasteiger partial charge in [-0.3, -0.25) is 0 Å². The molecule has 3 heteroatoms. The second-order valence-corrected chi connectivity index (χ2v) is 4.34. The second-order valence-electron chi connectivity index (χ2n) is 4.34. The SMILES string of the molecule is CCC(COC)NCCCOCC(C)C. The molecule has 0 aromatic rings. The zero-order chi connectivity index (χ0) is 11.5. The molecule has 0 aromatic carbocycles. The fraction of sp³-hybridized carbons (Fsp3) is 1.00. The van der Waals surface area contributed by atoms with E-state index in [-0.39, 0.29) is 0 Å². The minimum Gasteiger partial charge on any atom is -0.383 e. The molecule has 0 bridgehead atoms. The minimum atomic E-state index is 0.486. The van der Waals surface area contributed by atoms with Gasteiger partial charge in [0.2, 0.25) is 0 Å². The van der Waals surface area contributed by atoms with E-state index in [9.17, 15) is 0 Å². The van der Waals surface area contributed by atoms with Gasteiger partial charge in [0, 0.05) is 26.4 Å². The Morgan fingerprint density at radius 3 is 2.47 bits per heavy atom. The van der Waals surface area contributed by atoms with E-state index in [1.165, 1.54) is 0 Å². The summed E-state index contributed by atoms with van der Waals surface area (Å²) < 4.78 is 10.6. The van der Waals surface area contributed by atoms with E-state index in [0.29, 0.717) is 12.0 Å². The van der Waals surface area contributed by atoms with Crippen molar-refractivity contribution in [1.29, 1.82) is 0 Å². The molecule has 0 fully saturated rings. The molecule has 1 N–H and O–H groups in total. The Balaban J connectivity index is 3.21. The average Bonchev–Trinajstić information content (AvgIpc) is 2.21. The maximum atomic E-state index is 5.50.